The highest BCUT2D eigenvalue weighted by Gasteiger charge is 2.40. The van der Waals surface area contributed by atoms with E-state index in [9.17, 15) is 14.4 Å². The second-order valence-corrected chi connectivity index (χ2v) is 12.0. The summed E-state index contributed by atoms with van der Waals surface area (Å²) < 4.78 is 11.2. The normalized spacial score (nSPS) is 20.6. The average Bonchev–Trinajstić information content (AvgIpc) is 3.03. The van der Waals surface area contributed by atoms with Crippen molar-refractivity contribution in [2.45, 2.75) is 57.9 Å². The van der Waals surface area contributed by atoms with Crippen molar-refractivity contribution in [3.05, 3.63) is 59.7 Å². The van der Waals surface area contributed by atoms with E-state index in [0.717, 1.165) is 44.5 Å². The van der Waals surface area contributed by atoms with Crippen LogP contribution >= 0.6 is 24.8 Å². The lowest BCUT2D eigenvalue weighted by Gasteiger charge is -2.38. The largest absolute Gasteiger partial charge is 0.484 e. The number of piperidine rings is 1. The minimum absolute atomic E-state index is 0. The molecule has 2 aromatic carbocycles. The minimum Gasteiger partial charge on any atom is -0.484 e. The zero-order chi connectivity index (χ0) is 31.2. The van der Waals surface area contributed by atoms with Gasteiger partial charge in [0, 0.05) is 58.0 Å². The second-order valence-electron chi connectivity index (χ2n) is 12.0. The van der Waals surface area contributed by atoms with Crippen LogP contribution in [-0.2, 0) is 25.5 Å². The fourth-order valence-corrected chi connectivity index (χ4v) is 5.85. The van der Waals surface area contributed by atoms with E-state index in [1.165, 1.54) is 11.3 Å². The molecule has 0 aliphatic carbocycles. The van der Waals surface area contributed by atoms with Gasteiger partial charge in [0.25, 0.3) is 5.91 Å². The zero-order valence-electron chi connectivity index (χ0n) is 27.1. The van der Waals surface area contributed by atoms with Crippen molar-refractivity contribution >= 4 is 48.2 Å². The molecule has 4 N–H and O–H groups in total. The molecule has 1 unspecified atom stereocenters. The lowest BCUT2D eigenvalue weighted by molar-refractivity contribution is -0.133. The van der Waals surface area contributed by atoms with Gasteiger partial charge in [-0.3, -0.25) is 14.4 Å². The third-order valence-electron chi connectivity index (χ3n) is 8.53. The fraction of sp³-hybridized carbons (Fsp3) is 0.559. The highest BCUT2D eigenvalue weighted by molar-refractivity contribution is 5.86. The van der Waals surface area contributed by atoms with Gasteiger partial charge in [-0.15, -0.1) is 24.8 Å². The van der Waals surface area contributed by atoms with Gasteiger partial charge in [-0.05, 0) is 93.9 Å². The number of methoxy groups -OCH3 is 1. The minimum atomic E-state index is -0.902. The topological polar surface area (TPSA) is 121 Å². The standard InChI is InChI=1S/C34H49N5O5.2ClH/c1-26-6-3-7-29(22-26)39-19-13-28(14-20-39)38-33(42)34(15-21-43-2)23-27-9-11-30(12-10-27)44-24-32(41)36-18-5-17-35-16-4-8-31(40)37-25-34;;/h3,6-7,9-12,22,28,35H,4-5,8,13-21,23-25H2,1-2H3,(H,36,41)(H,37,40)(H,38,42);2*1H. The third kappa shape index (κ3) is 12.3. The Morgan fingerprint density at radius 3 is 2.46 bits per heavy atom. The summed E-state index contributed by atoms with van der Waals surface area (Å²) in [6.07, 6.45) is 4.41. The quantitative estimate of drug-likeness (QED) is 0.369. The van der Waals surface area contributed by atoms with Crippen LogP contribution in [0.3, 0.4) is 0 Å². The molecule has 46 heavy (non-hydrogen) atoms. The lowest BCUT2D eigenvalue weighted by Crippen LogP contribution is -2.54. The molecule has 1 saturated heterocycles. The van der Waals surface area contributed by atoms with Crippen LogP contribution in [0.2, 0.25) is 0 Å². The van der Waals surface area contributed by atoms with Crippen molar-refractivity contribution in [3.8, 4) is 5.75 Å². The number of carbonyl (C=O) groups excluding carboxylic acids is 3. The fourth-order valence-electron chi connectivity index (χ4n) is 5.85. The summed E-state index contributed by atoms with van der Waals surface area (Å²) in [5.74, 6) is 0.281. The van der Waals surface area contributed by atoms with E-state index < -0.39 is 5.41 Å². The summed E-state index contributed by atoms with van der Waals surface area (Å²) in [6, 6.07) is 16.1. The Bertz CT molecular complexity index is 1230. The first-order valence-electron chi connectivity index (χ1n) is 15.9. The Kier molecular flexibility index (Phi) is 17.2. The molecule has 1 atom stereocenters. The number of halogens is 2. The predicted octanol–water partition coefficient (Wildman–Crippen LogP) is 3.57. The van der Waals surface area contributed by atoms with E-state index in [0.29, 0.717) is 51.1 Å². The number of hydrogen-bond donors (Lipinski definition) is 4. The maximum absolute atomic E-state index is 14.2. The van der Waals surface area contributed by atoms with E-state index in [2.05, 4.69) is 57.4 Å². The molecule has 0 saturated carbocycles. The number of benzene rings is 2. The van der Waals surface area contributed by atoms with Crippen LogP contribution in [0.5, 0.6) is 5.75 Å². The molecular formula is C34H51Cl2N5O5. The molecule has 2 aromatic rings. The molecule has 3 aliphatic heterocycles. The number of aryl methyl sites for hydroxylation is 1. The van der Waals surface area contributed by atoms with Crippen molar-refractivity contribution < 1.29 is 23.9 Å². The van der Waals surface area contributed by atoms with Gasteiger partial charge in [0.2, 0.25) is 11.8 Å². The van der Waals surface area contributed by atoms with Gasteiger partial charge < -0.3 is 35.6 Å². The van der Waals surface area contributed by atoms with Crippen molar-refractivity contribution in [3.63, 3.8) is 0 Å². The second kappa shape index (κ2) is 20.2. The molecule has 0 radical (unpaired) electrons. The molecule has 3 heterocycles. The number of carbonyl (C=O) groups is 3. The summed E-state index contributed by atoms with van der Waals surface area (Å²) in [5.41, 5.74) is 2.49. The number of hydrogen-bond acceptors (Lipinski definition) is 7. The highest BCUT2D eigenvalue weighted by atomic mass is 35.5. The molecule has 1 fully saturated rings. The molecule has 0 spiro atoms. The zero-order valence-corrected chi connectivity index (χ0v) is 28.7. The Labute approximate surface area is 285 Å². The van der Waals surface area contributed by atoms with Crippen LogP contribution in [-0.4, -0.2) is 83.4 Å². The number of fused-ring (bicyclic) bond motifs is 17. The maximum atomic E-state index is 14.2. The van der Waals surface area contributed by atoms with Gasteiger partial charge >= 0.3 is 0 Å². The lowest BCUT2D eigenvalue weighted by atomic mass is 9.77. The summed E-state index contributed by atoms with van der Waals surface area (Å²) in [4.78, 5) is 41.7. The smallest absolute Gasteiger partial charge is 0.257 e. The molecule has 2 bridgehead atoms. The first-order chi connectivity index (χ1) is 21.4. The molecule has 3 aliphatic rings. The third-order valence-corrected chi connectivity index (χ3v) is 8.53. The predicted molar refractivity (Wildman–Crippen MR) is 186 cm³/mol. The van der Waals surface area contributed by atoms with E-state index >= 15 is 0 Å². The van der Waals surface area contributed by atoms with E-state index in [1.54, 1.807) is 7.11 Å². The molecule has 256 valence electrons. The summed E-state index contributed by atoms with van der Waals surface area (Å²) in [5, 5.41) is 12.6. The van der Waals surface area contributed by atoms with Crippen LogP contribution in [0.15, 0.2) is 48.5 Å². The number of ether oxygens (including phenoxy) is 2. The Morgan fingerprint density at radius 2 is 1.74 bits per heavy atom. The summed E-state index contributed by atoms with van der Waals surface area (Å²) in [6.45, 7) is 6.39. The van der Waals surface area contributed by atoms with E-state index in [1.807, 2.05) is 24.3 Å². The number of nitrogens with one attached hydrogen (secondary N) is 4. The summed E-state index contributed by atoms with van der Waals surface area (Å²) in [7, 11) is 1.63. The Hall–Kier alpha value is -3.05. The van der Waals surface area contributed by atoms with Crippen LogP contribution in [0.4, 0.5) is 5.69 Å². The van der Waals surface area contributed by atoms with Crippen LogP contribution in [0.25, 0.3) is 0 Å². The number of nitrogens with zero attached hydrogens (tertiary/aromatic N) is 1. The molecule has 0 aromatic heterocycles. The van der Waals surface area contributed by atoms with Gasteiger partial charge in [0.1, 0.15) is 5.75 Å². The number of anilines is 1. The average molecular weight is 681 g/mol. The molecular weight excluding hydrogens is 629 g/mol. The first-order valence-corrected chi connectivity index (χ1v) is 15.9. The van der Waals surface area contributed by atoms with Crippen molar-refractivity contribution in [1.29, 1.82) is 0 Å². The van der Waals surface area contributed by atoms with Crippen molar-refractivity contribution in [2.75, 3.05) is 64.5 Å². The van der Waals surface area contributed by atoms with Gasteiger partial charge in [0.15, 0.2) is 6.61 Å². The Balaban J connectivity index is 0.00000368. The van der Waals surface area contributed by atoms with E-state index in [4.69, 9.17) is 9.47 Å². The van der Waals surface area contributed by atoms with E-state index in [-0.39, 0.29) is 61.7 Å². The molecule has 3 amide bonds. The van der Waals surface area contributed by atoms with Gasteiger partial charge in [-0.1, -0.05) is 24.3 Å². The van der Waals surface area contributed by atoms with Gasteiger partial charge in [-0.25, -0.2) is 0 Å². The van der Waals surface area contributed by atoms with Gasteiger partial charge in [0.05, 0.1) is 5.41 Å². The van der Waals surface area contributed by atoms with Crippen LogP contribution in [0, 0.1) is 12.3 Å². The summed E-state index contributed by atoms with van der Waals surface area (Å²) >= 11 is 0. The van der Waals surface area contributed by atoms with Crippen molar-refractivity contribution in [2.24, 2.45) is 5.41 Å². The molecule has 12 heteroatoms. The Morgan fingerprint density at radius 1 is 1.00 bits per heavy atom. The highest BCUT2D eigenvalue weighted by Crippen LogP contribution is 2.30. The maximum Gasteiger partial charge on any atom is 0.257 e. The van der Waals surface area contributed by atoms with Crippen molar-refractivity contribution in [1.82, 2.24) is 21.3 Å². The molecule has 10 nitrogen and oxygen atoms in total. The van der Waals surface area contributed by atoms with Crippen LogP contribution < -0.4 is 30.9 Å². The SMILES string of the molecule is COCCC1(C(=O)NC2CCN(c3cccc(C)c3)CC2)CNC(=O)CCCNCCCNC(=O)COc2ccc(cc2)C1.Cl.Cl. The monoisotopic (exact) mass is 679 g/mol. The van der Waals surface area contributed by atoms with Gasteiger partial charge in [-0.2, -0.15) is 0 Å². The number of amides is 3. The first kappa shape index (κ1) is 39.1. The number of rotatable bonds is 6. The van der Waals surface area contributed by atoms with Crippen LogP contribution in [0.1, 0.15) is 49.7 Å². The molecule has 5 rings (SSSR count).